The first-order valence-corrected chi connectivity index (χ1v) is 7.34. The van der Waals surface area contributed by atoms with Crippen molar-refractivity contribution in [3.63, 3.8) is 0 Å². The molecule has 1 aliphatic carbocycles. The third kappa shape index (κ3) is 1.26. The Morgan fingerprint density at radius 1 is 1.37 bits per heavy atom. The first kappa shape index (κ1) is 11.3. The van der Waals surface area contributed by atoms with Crippen molar-refractivity contribution in [2.75, 3.05) is 5.32 Å². The van der Waals surface area contributed by atoms with Crippen LogP contribution in [0.25, 0.3) is 0 Å². The van der Waals surface area contributed by atoms with Crippen LogP contribution in [0.2, 0.25) is 0 Å². The minimum Gasteiger partial charge on any atom is -0.460 e. The van der Waals surface area contributed by atoms with Gasteiger partial charge in [-0.1, -0.05) is 31.5 Å². The lowest BCUT2D eigenvalue weighted by molar-refractivity contribution is -0.179. The van der Waals surface area contributed by atoms with E-state index in [4.69, 9.17) is 4.74 Å². The fourth-order valence-corrected chi connectivity index (χ4v) is 4.63. The van der Waals surface area contributed by atoms with Crippen LogP contribution >= 0.6 is 0 Å². The van der Waals surface area contributed by atoms with Gasteiger partial charge in [-0.15, -0.1) is 0 Å². The second-order valence-electron chi connectivity index (χ2n) is 6.06. The maximum atomic E-state index is 12.2. The molecule has 5 rings (SSSR count). The summed E-state index contributed by atoms with van der Waals surface area (Å²) in [7, 11) is 0. The molecule has 2 bridgehead atoms. The summed E-state index contributed by atoms with van der Waals surface area (Å²) in [6.45, 7) is 2.21. The molecule has 3 heteroatoms. The summed E-state index contributed by atoms with van der Waals surface area (Å²) in [5.41, 5.74) is 2.52. The lowest BCUT2D eigenvalue weighted by Crippen LogP contribution is -2.63. The van der Waals surface area contributed by atoms with Gasteiger partial charge in [-0.2, -0.15) is 0 Å². The van der Waals surface area contributed by atoms with Gasteiger partial charge in [0.1, 0.15) is 6.10 Å². The van der Waals surface area contributed by atoms with Gasteiger partial charge < -0.3 is 10.1 Å². The molecule has 3 fully saturated rings. The van der Waals surface area contributed by atoms with Gasteiger partial charge in [0.25, 0.3) is 0 Å². The third-order valence-corrected chi connectivity index (χ3v) is 5.24. The molecule has 3 heterocycles. The maximum absolute atomic E-state index is 12.2. The normalized spacial score (nSPS) is 38.4. The van der Waals surface area contributed by atoms with Crippen molar-refractivity contribution in [3.05, 3.63) is 29.8 Å². The number of ether oxygens (including phenoxy) is 1. The Hall–Kier alpha value is -1.51. The van der Waals surface area contributed by atoms with Gasteiger partial charge >= 0.3 is 5.97 Å². The molecule has 1 N–H and O–H groups in total. The molecule has 100 valence electrons. The average Bonchev–Trinajstić information content (AvgIpc) is 2.77. The van der Waals surface area contributed by atoms with E-state index < -0.39 is 0 Å². The Morgan fingerprint density at radius 3 is 3.00 bits per heavy atom. The molecule has 2 saturated heterocycles. The Bertz CT molecular complexity index is 541. The summed E-state index contributed by atoms with van der Waals surface area (Å²) in [5, 5.41) is 3.64. The van der Waals surface area contributed by atoms with E-state index in [1.54, 1.807) is 0 Å². The van der Waals surface area contributed by atoms with Gasteiger partial charge in [0.15, 0.2) is 0 Å². The van der Waals surface area contributed by atoms with E-state index in [2.05, 4.69) is 36.5 Å². The number of para-hydroxylation sites is 1. The summed E-state index contributed by atoms with van der Waals surface area (Å²) < 4.78 is 5.60. The number of esters is 1. The molecule has 0 spiro atoms. The number of fused-ring (bicyclic) bond motifs is 3. The van der Waals surface area contributed by atoms with Crippen LogP contribution in [0.5, 0.6) is 0 Å². The van der Waals surface area contributed by atoms with E-state index in [1.807, 2.05) is 0 Å². The molecule has 3 nitrogen and oxygen atoms in total. The third-order valence-electron chi connectivity index (χ3n) is 5.24. The number of hydrogen-bond donors (Lipinski definition) is 1. The van der Waals surface area contributed by atoms with Gasteiger partial charge in [-0.3, -0.25) is 4.79 Å². The van der Waals surface area contributed by atoms with Gasteiger partial charge in [0.05, 0.1) is 12.0 Å². The minimum atomic E-state index is -0.0242. The van der Waals surface area contributed by atoms with Crippen LogP contribution in [-0.4, -0.2) is 18.1 Å². The quantitative estimate of drug-likeness (QED) is 0.828. The Balaban J connectivity index is 1.92. The van der Waals surface area contributed by atoms with Crippen molar-refractivity contribution in [2.24, 2.45) is 5.92 Å². The Kier molecular flexibility index (Phi) is 2.23. The van der Waals surface area contributed by atoms with Crippen molar-refractivity contribution in [3.8, 4) is 0 Å². The SMILES string of the molecule is CCC[C@]12c3ccccc3N[C@H]1C1CCC2C(=O)O1. The lowest BCUT2D eigenvalue weighted by atomic mass is 9.57. The molecule has 0 aromatic heterocycles. The largest absolute Gasteiger partial charge is 0.460 e. The molecule has 1 aromatic rings. The van der Waals surface area contributed by atoms with Crippen molar-refractivity contribution in [2.45, 2.75) is 50.2 Å². The summed E-state index contributed by atoms with van der Waals surface area (Å²) in [5.74, 6) is 0.0676. The minimum absolute atomic E-state index is 0.0242. The zero-order valence-corrected chi connectivity index (χ0v) is 11.2. The lowest BCUT2D eigenvalue weighted by Gasteiger charge is -2.52. The maximum Gasteiger partial charge on any atom is 0.310 e. The number of benzene rings is 1. The highest BCUT2D eigenvalue weighted by atomic mass is 16.5. The molecule has 2 unspecified atom stereocenters. The number of nitrogens with one attached hydrogen (secondary N) is 1. The second-order valence-corrected chi connectivity index (χ2v) is 6.06. The summed E-state index contributed by atoms with van der Waals surface area (Å²) in [6, 6.07) is 8.77. The zero-order chi connectivity index (χ0) is 13.0. The van der Waals surface area contributed by atoms with E-state index in [-0.39, 0.29) is 29.4 Å². The standard InChI is InChI=1S/C16H19NO2/c1-2-9-16-10-5-3-4-6-12(10)17-14(16)13-8-7-11(16)15(18)19-13/h3-6,11,13-14,17H,2,7-9H2,1H3/t11?,13?,14-,16+/m0/s1. The van der Waals surface area contributed by atoms with Crippen LogP contribution in [0.3, 0.4) is 0 Å². The topological polar surface area (TPSA) is 38.3 Å². The van der Waals surface area contributed by atoms with Crippen molar-refractivity contribution in [1.82, 2.24) is 0 Å². The molecule has 0 amide bonds. The first-order valence-electron chi connectivity index (χ1n) is 7.34. The predicted molar refractivity (Wildman–Crippen MR) is 73.0 cm³/mol. The highest BCUT2D eigenvalue weighted by Crippen LogP contribution is 2.57. The molecule has 4 atom stereocenters. The molecule has 19 heavy (non-hydrogen) atoms. The Morgan fingerprint density at radius 2 is 2.21 bits per heavy atom. The second kappa shape index (κ2) is 3.75. The molecule has 0 radical (unpaired) electrons. The zero-order valence-electron chi connectivity index (χ0n) is 11.2. The van der Waals surface area contributed by atoms with Crippen LogP contribution < -0.4 is 5.32 Å². The highest BCUT2D eigenvalue weighted by molar-refractivity contribution is 5.81. The van der Waals surface area contributed by atoms with Crippen molar-refractivity contribution >= 4 is 11.7 Å². The Labute approximate surface area is 113 Å². The molecule has 4 aliphatic rings. The number of carbonyl (C=O) groups excluding carboxylic acids is 1. The summed E-state index contributed by atoms with van der Waals surface area (Å²) >= 11 is 0. The van der Waals surface area contributed by atoms with E-state index in [1.165, 1.54) is 11.3 Å². The number of anilines is 1. The average molecular weight is 257 g/mol. The molecule has 1 aromatic carbocycles. The first-order chi connectivity index (χ1) is 9.27. The van der Waals surface area contributed by atoms with Gasteiger partial charge in [0, 0.05) is 11.1 Å². The molecular weight excluding hydrogens is 238 g/mol. The summed E-state index contributed by atoms with van der Waals surface area (Å²) in [6.07, 6.45) is 4.21. The van der Waals surface area contributed by atoms with Gasteiger partial charge in [-0.05, 0) is 30.9 Å². The van der Waals surface area contributed by atoms with Crippen LogP contribution in [0.1, 0.15) is 38.2 Å². The fourth-order valence-electron chi connectivity index (χ4n) is 4.63. The number of rotatable bonds is 2. The van der Waals surface area contributed by atoms with Crippen molar-refractivity contribution < 1.29 is 9.53 Å². The van der Waals surface area contributed by atoms with Crippen molar-refractivity contribution in [1.29, 1.82) is 0 Å². The molecular formula is C16H19NO2. The van der Waals surface area contributed by atoms with Crippen LogP contribution in [-0.2, 0) is 14.9 Å². The van der Waals surface area contributed by atoms with E-state index >= 15 is 0 Å². The van der Waals surface area contributed by atoms with Crippen LogP contribution in [0, 0.1) is 5.92 Å². The van der Waals surface area contributed by atoms with E-state index in [0.717, 1.165) is 25.7 Å². The highest BCUT2D eigenvalue weighted by Gasteiger charge is 2.63. The molecule has 1 saturated carbocycles. The van der Waals surface area contributed by atoms with Crippen LogP contribution in [0.15, 0.2) is 24.3 Å². The summed E-state index contributed by atoms with van der Waals surface area (Å²) in [4.78, 5) is 12.2. The van der Waals surface area contributed by atoms with Gasteiger partial charge in [0.2, 0.25) is 0 Å². The van der Waals surface area contributed by atoms with E-state index in [0.29, 0.717) is 0 Å². The van der Waals surface area contributed by atoms with E-state index in [9.17, 15) is 4.79 Å². The van der Waals surface area contributed by atoms with Gasteiger partial charge in [-0.25, -0.2) is 0 Å². The fraction of sp³-hybridized carbons (Fsp3) is 0.562. The number of carbonyl (C=O) groups is 1. The smallest absolute Gasteiger partial charge is 0.310 e. The predicted octanol–water partition coefficient (Wildman–Crippen LogP) is 2.85. The number of hydrogen-bond acceptors (Lipinski definition) is 3. The molecule has 3 aliphatic heterocycles. The van der Waals surface area contributed by atoms with Crippen LogP contribution in [0.4, 0.5) is 5.69 Å². The monoisotopic (exact) mass is 257 g/mol.